The summed E-state index contributed by atoms with van der Waals surface area (Å²) in [6.45, 7) is 17.6. The van der Waals surface area contributed by atoms with E-state index in [4.69, 9.17) is 4.74 Å². The summed E-state index contributed by atoms with van der Waals surface area (Å²) in [4.78, 5) is 13.7. The molecule has 0 aliphatic heterocycles. The first-order valence-corrected chi connectivity index (χ1v) is 16.6. The number of carbonyl (C=O) groups excluding carboxylic acids is 1. The molecule has 39 heavy (non-hydrogen) atoms. The van der Waals surface area contributed by atoms with Crippen LogP contribution >= 0.6 is 0 Å². The number of hydrogen-bond donors (Lipinski definition) is 0. The van der Waals surface area contributed by atoms with Gasteiger partial charge < -0.3 is 4.74 Å². The van der Waals surface area contributed by atoms with Crippen LogP contribution < -0.4 is 0 Å². The van der Waals surface area contributed by atoms with Gasteiger partial charge in [0, 0.05) is 0 Å². The van der Waals surface area contributed by atoms with Gasteiger partial charge in [-0.05, 0) is 117 Å². The van der Waals surface area contributed by atoms with E-state index in [1.165, 1.54) is 64.2 Å². The number of ether oxygens (including phenoxy) is 1. The van der Waals surface area contributed by atoms with E-state index in [9.17, 15) is 4.79 Å². The average Bonchev–Trinajstić information content (AvgIpc) is 3.39. The fraction of sp³-hybridized carbons (Fsp3) is 0.757. The van der Waals surface area contributed by atoms with Crippen molar-refractivity contribution in [3.8, 4) is 0 Å². The lowest BCUT2D eigenvalue weighted by Gasteiger charge is -2.67. The van der Waals surface area contributed by atoms with Gasteiger partial charge in [0.05, 0.1) is 5.41 Å². The van der Waals surface area contributed by atoms with Crippen LogP contribution in [-0.4, -0.2) is 5.97 Å². The lowest BCUT2D eigenvalue weighted by molar-refractivity contribution is -0.193. The zero-order chi connectivity index (χ0) is 28.3. The van der Waals surface area contributed by atoms with Crippen LogP contribution in [0.2, 0.25) is 0 Å². The minimum absolute atomic E-state index is 0.126. The second-order valence-corrected chi connectivity index (χ2v) is 14.1. The molecule has 0 N–H and O–H groups in total. The van der Waals surface area contributed by atoms with Gasteiger partial charge in [-0.2, -0.15) is 0 Å². The number of fused-ring (bicyclic) bond motifs is 7. The first kappa shape index (κ1) is 30.4. The molecule has 5 aliphatic carbocycles. The summed E-state index contributed by atoms with van der Waals surface area (Å²) < 4.78 is 6.04. The maximum absolute atomic E-state index is 13.7. The Morgan fingerprint density at radius 2 is 1.51 bits per heavy atom. The molecule has 6 rings (SSSR count). The van der Waals surface area contributed by atoms with Gasteiger partial charge in [0.15, 0.2) is 0 Å². The molecule has 5 saturated carbocycles. The number of esters is 1. The Balaban J connectivity index is 0.000000662. The van der Waals surface area contributed by atoms with Crippen LogP contribution in [0.15, 0.2) is 43.0 Å². The van der Waals surface area contributed by atoms with Crippen molar-refractivity contribution in [2.24, 2.45) is 51.8 Å². The van der Waals surface area contributed by atoms with Crippen molar-refractivity contribution in [3.05, 3.63) is 48.6 Å². The van der Waals surface area contributed by atoms with E-state index in [0.717, 1.165) is 48.0 Å². The van der Waals surface area contributed by atoms with E-state index in [-0.39, 0.29) is 11.4 Å². The maximum atomic E-state index is 13.7. The molecule has 0 amide bonds. The molecular formula is C37H58O2. The van der Waals surface area contributed by atoms with Crippen molar-refractivity contribution in [3.63, 3.8) is 0 Å². The molecule has 0 spiro atoms. The number of benzene rings is 1. The molecule has 0 bridgehead atoms. The predicted octanol–water partition coefficient (Wildman–Crippen LogP) is 10.4. The SMILES string of the molecule is C=CC.CC.CC1CCCC2(C)C1CCC1(C)C3CCC4(C(=O)OCc5ccccc5)CCCC4C3CCC21. The van der Waals surface area contributed by atoms with Crippen molar-refractivity contribution in [2.45, 2.75) is 125 Å². The number of carbonyl (C=O) groups is 1. The smallest absolute Gasteiger partial charge is 0.312 e. The fourth-order valence-electron chi connectivity index (χ4n) is 11.1. The second-order valence-electron chi connectivity index (χ2n) is 14.1. The molecule has 1 aromatic rings. The van der Waals surface area contributed by atoms with Crippen LogP contribution in [0.3, 0.4) is 0 Å². The molecule has 218 valence electrons. The molecule has 9 unspecified atom stereocenters. The summed E-state index contributed by atoms with van der Waals surface area (Å²) in [6.07, 6.45) is 17.6. The first-order chi connectivity index (χ1) is 18.8. The van der Waals surface area contributed by atoms with Gasteiger partial charge >= 0.3 is 5.97 Å². The summed E-state index contributed by atoms with van der Waals surface area (Å²) in [5.41, 5.74) is 1.94. The number of allylic oxidation sites excluding steroid dienone is 1. The number of hydrogen-bond acceptors (Lipinski definition) is 2. The third kappa shape index (κ3) is 5.28. The monoisotopic (exact) mass is 534 g/mol. The van der Waals surface area contributed by atoms with Gasteiger partial charge in [-0.3, -0.25) is 4.79 Å². The Labute approximate surface area is 240 Å². The molecule has 1 aromatic carbocycles. The van der Waals surface area contributed by atoms with Crippen molar-refractivity contribution >= 4 is 5.97 Å². The van der Waals surface area contributed by atoms with Crippen LogP contribution in [0.5, 0.6) is 0 Å². The van der Waals surface area contributed by atoms with Crippen LogP contribution in [0.25, 0.3) is 0 Å². The lowest BCUT2D eigenvalue weighted by atomic mass is 9.38. The van der Waals surface area contributed by atoms with Crippen molar-refractivity contribution in [2.75, 3.05) is 0 Å². The van der Waals surface area contributed by atoms with Crippen LogP contribution in [0.4, 0.5) is 0 Å². The molecule has 2 heteroatoms. The highest BCUT2D eigenvalue weighted by atomic mass is 16.5. The Bertz CT molecular complexity index is 953. The van der Waals surface area contributed by atoms with Gasteiger partial charge in [0.1, 0.15) is 6.61 Å². The Hall–Kier alpha value is -1.57. The molecule has 2 nitrogen and oxygen atoms in total. The normalized spacial score (nSPS) is 42.0. The van der Waals surface area contributed by atoms with E-state index in [1.807, 2.05) is 39.0 Å². The summed E-state index contributed by atoms with van der Waals surface area (Å²) >= 11 is 0. The Morgan fingerprint density at radius 3 is 2.23 bits per heavy atom. The Morgan fingerprint density at radius 1 is 0.872 bits per heavy atom. The topological polar surface area (TPSA) is 26.3 Å². The van der Waals surface area contributed by atoms with Gasteiger partial charge in [-0.1, -0.05) is 90.3 Å². The first-order valence-electron chi connectivity index (χ1n) is 16.6. The fourth-order valence-corrected chi connectivity index (χ4v) is 11.1. The lowest BCUT2D eigenvalue weighted by Crippen LogP contribution is -2.60. The predicted molar refractivity (Wildman–Crippen MR) is 164 cm³/mol. The average molecular weight is 535 g/mol. The van der Waals surface area contributed by atoms with E-state index in [0.29, 0.717) is 23.4 Å². The molecular weight excluding hydrogens is 476 g/mol. The minimum Gasteiger partial charge on any atom is -0.460 e. The zero-order valence-electron chi connectivity index (χ0n) is 26.1. The minimum atomic E-state index is -0.195. The van der Waals surface area contributed by atoms with E-state index in [2.05, 4.69) is 39.5 Å². The zero-order valence-corrected chi connectivity index (χ0v) is 26.1. The van der Waals surface area contributed by atoms with Crippen LogP contribution in [-0.2, 0) is 16.1 Å². The largest absolute Gasteiger partial charge is 0.460 e. The summed E-state index contributed by atoms with van der Waals surface area (Å²) in [5, 5.41) is 0. The second kappa shape index (κ2) is 12.5. The molecule has 9 atom stereocenters. The molecule has 5 fully saturated rings. The maximum Gasteiger partial charge on any atom is 0.312 e. The van der Waals surface area contributed by atoms with Crippen molar-refractivity contribution in [1.29, 1.82) is 0 Å². The molecule has 0 aromatic heterocycles. The van der Waals surface area contributed by atoms with Gasteiger partial charge in [-0.25, -0.2) is 0 Å². The highest BCUT2D eigenvalue weighted by Gasteiger charge is 2.65. The number of rotatable bonds is 3. The van der Waals surface area contributed by atoms with Crippen LogP contribution in [0.1, 0.15) is 124 Å². The highest BCUT2D eigenvalue weighted by Crippen LogP contribution is 2.71. The van der Waals surface area contributed by atoms with E-state index >= 15 is 0 Å². The summed E-state index contributed by atoms with van der Waals surface area (Å²) in [5.74, 6) is 4.99. The van der Waals surface area contributed by atoms with Crippen LogP contribution in [0, 0.1) is 51.8 Å². The molecule has 0 saturated heterocycles. The van der Waals surface area contributed by atoms with Gasteiger partial charge in [0.25, 0.3) is 0 Å². The summed E-state index contributed by atoms with van der Waals surface area (Å²) in [7, 11) is 0. The van der Waals surface area contributed by atoms with Crippen molar-refractivity contribution in [1.82, 2.24) is 0 Å². The van der Waals surface area contributed by atoms with Crippen molar-refractivity contribution < 1.29 is 9.53 Å². The third-order valence-electron chi connectivity index (χ3n) is 12.5. The quantitative estimate of drug-likeness (QED) is 0.285. The Kier molecular flexibility index (Phi) is 9.76. The molecule has 0 heterocycles. The summed E-state index contributed by atoms with van der Waals surface area (Å²) in [6, 6.07) is 10.2. The van der Waals surface area contributed by atoms with E-state index in [1.54, 1.807) is 6.08 Å². The van der Waals surface area contributed by atoms with E-state index < -0.39 is 0 Å². The molecule has 5 aliphatic rings. The van der Waals surface area contributed by atoms with Gasteiger partial charge in [0.2, 0.25) is 0 Å². The standard InChI is InChI=1S/C32H46O2.C3H6.C2H6/c1-22-9-7-17-30(2)25(22)15-19-31(3)26-16-20-32(29(33)34-21-23-10-5-4-6-11-23)18-8-12-27(32)24(26)13-14-28(30)31;1-3-2;1-2/h4-6,10-11,22,24-28H,7-9,12-21H2,1-3H3;3H,1H2,2H3;1-2H3. The third-order valence-corrected chi connectivity index (χ3v) is 12.5. The van der Waals surface area contributed by atoms with Gasteiger partial charge in [-0.15, -0.1) is 6.58 Å². The molecule has 0 radical (unpaired) electrons. The highest BCUT2D eigenvalue weighted by molar-refractivity contribution is 5.78.